The van der Waals surface area contributed by atoms with Gasteiger partial charge >= 0.3 is 0 Å². The summed E-state index contributed by atoms with van der Waals surface area (Å²) in [5.74, 6) is 0.103. The number of nitrogens with two attached hydrogens (primary N) is 1. The minimum Gasteiger partial charge on any atom is -0.398 e. The molecule has 1 aliphatic rings. The van der Waals surface area contributed by atoms with Crippen LogP contribution in [0.1, 0.15) is 41.3 Å². The quantitative estimate of drug-likeness (QED) is 0.423. The van der Waals surface area contributed by atoms with Gasteiger partial charge in [0.15, 0.2) is 5.78 Å². The van der Waals surface area contributed by atoms with E-state index in [2.05, 4.69) is 10.2 Å². The highest BCUT2D eigenvalue weighted by atomic mass is 16.1. The number of rotatable bonds is 6. The van der Waals surface area contributed by atoms with Crippen LogP contribution >= 0.6 is 0 Å². The Morgan fingerprint density at radius 3 is 2.77 bits per heavy atom. The van der Waals surface area contributed by atoms with Crippen molar-refractivity contribution >= 4 is 23.4 Å². The van der Waals surface area contributed by atoms with E-state index in [4.69, 9.17) is 11.1 Å². The smallest absolute Gasteiger partial charge is 0.159 e. The molecule has 1 atom stereocenters. The molecule has 1 heterocycles. The van der Waals surface area contributed by atoms with Gasteiger partial charge in [0.1, 0.15) is 0 Å². The number of carbonyl (C=O) groups excluding carboxylic acids is 1. The number of Topliss-reactive ketones (excluding diaryl/α,β-unsaturated/α-hetero) is 1. The van der Waals surface area contributed by atoms with Crippen molar-refractivity contribution in [1.29, 1.82) is 5.41 Å². The lowest BCUT2D eigenvalue weighted by atomic mass is 10.0. The number of nitrogens with zero attached hydrogens (tertiary/aromatic N) is 1. The molecule has 0 saturated carbocycles. The van der Waals surface area contributed by atoms with Crippen molar-refractivity contribution in [3.05, 3.63) is 59.2 Å². The molecule has 0 spiro atoms. The third kappa shape index (κ3) is 4.49. The van der Waals surface area contributed by atoms with Gasteiger partial charge in [-0.15, -0.1) is 0 Å². The zero-order valence-corrected chi connectivity index (χ0v) is 15.2. The summed E-state index contributed by atoms with van der Waals surface area (Å²) in [4.78, 5) is 13.8. The van der Waals surface area contributed by atoms with Crippen LogP contribution < -0.4 is 11.1 Å². The maximum absolute atomic E-state index is 11.4. The first kappa shape index (κ1) is 18.1. The van der Waals surface area contributed by atoms with Gasteiger partial charge in [-0.25, -0.2) is 0 Å². The zero-order chi connectivity index (χ0) is 18.5. The van der Waals surface area contributed by atoms with Crippen LogP contribution in [0.2, 0.25) is 0 Å². The number of nitrogens with one attached hydrogen (secondary N) is 2. The highest BCUT2D eigenvalue weighted by Crippen LogP contribution is 2.21. The second kappa shape index (κ2) is 8.15. The van der Waals surface area contributed by atoms with Crippen molar-refractivity contribution in [3.8, 4) is 0 Å². The predicted octanol–water partition coefficient (Wildman–Crippen LogP) is 3.55. The Kier molecular flexibility index (Phi) is 5.68. The molecule has 3 rings (SSSR count). The fraction of sp³-hybridized carbons (Fsp3) is 0.333. The average Bonchev–Trinajstić information content (AvgIpc) is 2.64. The molecule has 5 heteroatoms. The second-order valence-corrected chi connectivity index (χ2v) is 6.96. The lowest BCUT2D eigenvalue weighted by Crippen LogP contribution is -2.41. The first-order valence-electron chi connectivity index (χ1n) is 9.04. The topological polar surface area (TPSA) is 82.2 Å². The van der Waals surface area contributed by atoms with Crippen molar-refractivity contribution in [2.45, 2.75) is 32.4 Å². The molecule has 1 aliphatic heterocycles. The first-order chi connectivity index (χ1) is 12.5. The van der Waals surface area contributed by atoms with Crippen molar-refractivity contribution in [1.82, 2.24) is 4.90 Å². The number of carbonyl (C=O) groups is 1. The third-order valence-electron chi connectivity index (χ3n) is 4.89. The number of hydrogen-bond acceptors (Lipinski definition) is 5. The SMILES string of the molecule is CC(=O)c1ccc(CN2CCCC(Nc3ccc(N)c(C=N)c3)C2)cc1. The summed E-state index contributed by atoms with van der Waals surface area (Å²) in [6.45, 7) is 4.54. The number of hydrogen-bond donors (Lipinski definition) is 3. The van der Waals surface area contributed by atoms with E-state index in [1.165, 1.54) is 11.8 Å². The maximum atomic E-state index is 11.4. The van der Waals surface area contributed by atoms with Crippen molar-refractivity contribution in [3.63, 3.8) is 0 Å². The Morgan fingerprint density at radius 2 is 2.08 bits per heavy atom. The summed E-state index contributed by atoms with van der Waals surface area (Å²) in [6, 6.07) is 14.0. The van der Waals surface area contributed by atoms with Gasteiger partial charge in [0, 0.05) is 47.8 Å². The van der Waals surface area contributed by atoms with Crippen LogP contribution in [0.3, 0.4) is 0 Å². The van der Waals surface area contributed by atoms with Crippen molar-refractivity contribution in [2.75, 3.05) is 24.1 Å². The molecular formula is C21H26N4O. The molecule has 1 saturated heterocycles. The van der Waals surface area contributed by atoms with Crippen LogP contribution in [0.5, 0.6) is 0 Å². The fourth-order valence-electron chi connectivity index (χ4n) is 3.45. The molecule has 0 aromatic heterocycles. The van der Waals surface area contributed by atoms with E-state index in [0.29, 0.717) is 11.7 Å². The third-order valence-corrected chi connectivity index (χ3v) is 4.89. The molecule has 1 unspecified atom stereocenters. The summed E-state index contributed by atoms with van der Waals surface area (Å²) in [7, 11) is 0. The Labute approximate surface area is 154 Å². The van der Waals surface area contributed by atoms with Gasteiger partial charge in [0.2, 0.25) is 0 Å². The molecule has 2 aromatic carbocycles. The van der Waals surface area contributed by atoms with E-state index in [0.717, 1.165) is 49.3 Å². The van der Waals surface area contributed by atoms with E-state index in [-0.39, 0.29) is 5.78 Å². The molecule has 26 heavy (non-hydrogen) atoms. The minimum absolute atomic E-state index is 0.103. The fourth-order valence-corrected chi connectivity index (χ4v) is 3.45. The van der Waals surface area contributed by atoms with E-state index in [1.54, 1.807) is 6.92 Å². The standard InChI is InChI=1S/C21H26N4O/c1-15(26)17-6-4-16(5-7-17)13-25-10-2-3-20(14-25)24-19-8-9-21(23)18(11-19)12-22/h4-9,11-12,20,22,24H,2-3,10,13-14,23H2,1H3. The summed E-state index contributed by atoms with van der Waals surface area (Å²) in [5.41, 5.74) is 10.2. The number of nitrogen functional groups attached to an aromatic ring is 1. The Bertz CT molecular complexity index is 785. The molecule has 1 fully saturated rings. The van der Waals surface area contributed by atoms with Crippen LogP contribution in [0, 0.1) is 5.41 Å². The molecular weight excluding hydrogens is 324 g/mol. The second-order valence-electron chi connectivity index (χ2n) is 6.96. The Morgan fingerprint density at radius 1 is 1.31 bits per heavy atom. The highest BCUT2D eigenvalue weighted by molar-refractivity contribution is 5.94. The molecule has 136 valence electrons. The molecule has 4 N–H and O–H groups in total. The molecule has 0 amide bonds. The Balaban J connectivity index is 1.60. The van der Waals surface area contributed by atoms with Crippen LogP contribution in [0.15, 0.2) is 42.5 Å². The largest absolute Gasteiger partial charge is 0.398 e. The normalized spacial score (nSPS) is 17.7. The van der Waals surface area contributed by atoms with Crippen molar-refractivity contribution < 1.29 is 4.79 Å². The highest BCUT2D eigenvalue weighted by Gasteiger charge is 2.20. The van der Waals surface area contributed by atoms with Gasteiger partial charge in [-0.05, 0) is 50.1 Å². The number of piperidine rings is 1. The van der Waals surface area contributed by atoms with Crippen LogP contribution in [0.25, 0.3) is 0 Å². The zero-order valence-electron chi connectivity index (χ0n) is 15.2. The monoisotopic (exact) mass is 350 g/mol. The first-order valence-corrected chi connectivity index (χ1v) is 9.04. The molecule has 2 aromatic rings. The molecule has 0 aliphatic carbocycles. The lowest BCUT2D eigenvalue weighted by Gasteiger charge is -2.33. The van der Waals surface area contributed by atoms with Crippen molar-refractivity contribution in [2.24, 2.45) is 0 Å². The van der Waals surface area contributed by atoms with E-state index in [9.17, 15) is 4.79 Å². The summed E-state index contributed by atoms with van der Waals surface area (Å²) >= 11 is 0. The molecule has 0 bridgehead atoms. The van der Waals surface area contributed by atoms with E-state index in [1.807, 2.05) is 42.5 Å². The summed E-state index contributed by atoms with van der Waals surface area (Å²) in [5, 5.41) is 11.0. The van der Waals surface area contributed by atoms with Crippen LogP contribution in [0.4, 0.5) is 11.4 Å². The van der Waals surface area contributed by atoms with Gasteiger partial charge in [0.25, 0.3) is 0 Å². The predicted molar refractivity (Wildman–Crippen MR) is 107 cm³/mol. The summed E-state index contributed by atoms with van der Waals surface area (Å²) in [6.07, 6.45) is 3.57. The van der Waals surface area contributed by atoms with E-state index >= 15 is 0 Å². The molecule has 0 radical (unpaired) electrons. The molecule has 5 nitrogen and oxygen atoms in total. The number of benzene rings is 2. The number of anilines is 2. The lowest BCUT2D eigenvalue weighted by molar-refractivity contribution is 0.101. The van der Waals surface area contributed by atoms with Gasteiger partial charge in [0.05, 0.1) is 0 Å². The van der Waals surface area contributed by atoms with Gasteiger partial charge in [-0.3, -0.25) is 9.69 Å². The van der Waals surface area contributed by atoms with Crippen LogP contribution in [-0.2, 0) is 6.54 Å². The Hall–Kier alpha value is -2.66. The number of likely N-dealkylation sites (tertiary alicyclic amines) is 1. The van der Waals surface area contributed by atoms with Gasteiger partial charge in [-0.1, -0.05) is 24.3 Å². The number of ketones is 1. The maximum Gasteiger partial charge on any atom is 0.159 e. The van der Waals surface area contributed by atoms with Crippen LogP contribution in [-0.4, -0.2) is 36.0 Å². The van der Waals surface area contributed by atoms with Gasteiger partial charge < -0.3 is 16.5 Å². The minimum atomic E-state index is 0.103. The van der Waals surface area contributed by atoms with Gasteiger partial charge in [-0.2, -0.15) is 0 Å². The average molecular weight is 350 g/mol. The van der Waals surface area contributed by atoms with E-state index < -0.39 is 0 Å². The summed E-state index contributed by atoms with van der Waals surface area (Å²) < 4.78 is 0.